The highest BCUT2D eigenvalue weighted by molar-refractivity contribution is 7.81. The van der Waals surface area contributed by atoms with E-state index in [1.807, 2.05) is 0 Å². The minimum Gasteiger partial charge on any atom is -0.465 e. The zero-order valence-corrected chi connectivity index (χ0v) is 18.5. The Labute approximate surface area is 177 Å². The number of amides is 3. The van der Waals surface area contributed by atoms with Crippen LogP contribution >= 0.6 is 0 Å². The van der Waals surface area contributed by atoms with Crippen LogP contribution in [0.1, 0.15) is 59.3 Å². The van der Waals surface area contributed by atoms with Gasteiger partial charge in [0.05, 0.1) is 24.7 Å². The lowest BCUT2D eigenvalue weighted by atomic mass is 9.95. The second kappa shape index (κ2) is 9.92. The fourth-order valence-corrected chi connectivity index (χ4v) is 4.18. The smallest absolute Gasteiger partial charge is 0.421 e. The van der Waals surface area contributed by atoms with Crippen molar-refractivity contribution >= 4 is 28.3 Å². The van der Waals surface area contributed by atoms with Crippen LogP contribution < -0.4 is 5.73 Å². The summed E-state index contributed by atoms with van der Waals surface area (Å²) in [5, 5.41) is 0.692. The number of hydrogen-bond donors (Lipinski definition) is 1. The number of esters is 1. The Hall–Kier alpha value is -1.92. The second-order valence-electron chi connectivity index (χ2n) is 8.24. The van der Waals surface area contributed by atoms with Gasteiger partial charge in [0.1, 0.15) is 6.04 Å². The van der Waals surface area contributed by atoms with Gasteiger partial charge in [0.2, 0.25) is 5.91 Å². The third-order valence-electron chi connectivity index (χ3n) is 5.17. The second-order valence-corrected chi connectivity index (χ2v) is 9.44. The van der Waals surface area contributed by atoms with E-state index in [0.717, 1.165) is 25.7 Å². The average molecular weight is 450 g/mol. The maximum atomic E-state index is 12.4. The Morgan fingerprint density at radius 1 is 1.20 bits per heavy atom. The molecule has 2 rings (SSSR count). The van der Waals surface area contributed by atoms with E-state index in [1.165, 1.54) is 18.7 Å². The number of carbonyl (C=O) groups is 3. The Morgan fingerprint density at radius 2 is 1.90 bits per heavy atom. The molecule has 2 saturated heterocycles. The number of primary amides is 1. The number of piperidine rings is 1. The Kier molecular flexibility index (Phi) is 8.06. The van der Waals surface area contributed by atoms with Crippen molar-refractivity contribution in [1.29, 1.82) is 0 Å². The van der Waals surface area contributed by atoms with E-state index >= 15 is 0 Å². The number of rotatable bonds is 12. The molecule has 2 aliphatic heterocycles. The lowest BCUT2D eigenvalue weighted by Gasteiger charge is -2.27. The molecule has 0 saturated carbocycles. The van der Waals surface area contributed by atoms with Gasteiger partial charge in [-0.05, 0) is 33.1 Å². The Balaban J connectivity index is 1.87. The van der Waals surface area contributed by atoms with Gasteiger partial charge >= 0.3 is 22.4 Å². The van der Waals surface area contributed by atoms with Crippen molar-refractivity contribution in [2.24, 2.45) is 11.1 Å². The van der Waals surface area contributed by atoms with E-state index in [-0.39, 0.29) is 13.2 Å². The van der Waals surface area contributed by atoms with Crippen LogP contribution in [0.4, 0.5) is 4.79 Å². The Morgan fingerprint density at radius 3 is 2.53 bits per heavy atom. The van der Waals surface area contributed by atoms with Gasteiger partial charge in [-0.2, -0.15) is 13.5 Å². The zero-order chi connectivity index (χ0) is 22.5. The van der Waals surface area contributed by atoms with Crippen LogP contribution in [0.25, 0.3) is 0 Å². The molecule has 0 aromatic heterocycles. The quantitative estimate of drug-likeness (QED) is 0.344. The molecule has 30 heavy (non-hydrogen) atoms. The van der Waals surface area contributed by atoms with Crippen LogP contribution in [0, 0.1) is 5.41 Å². The molecule has 11 nitrogen and oxygen atoms in total. The van der Waals surface area contributed by atoms with Crippen LogP contribution in [0.5, 0.6) is 0 Å². The summed E-state index contributed by atoms with van der Waals surface area (Å²) in [6.07, 6.45) is 4.48. The average Bonchev–Trinajstić information content (AvgIpc) is 2.90. The maximum absolute atomic E-state index is 12.4. The summed E-state index contributed by atoms with van der Waals surface area (Å²) >= 11 is 0. The number of fused-ring (bicyclic) bond motifs is 2. The van der Waals surface area contributed by atoms with Crippen molar-refractivity contribution in [2.75, 3.05) is 19.8 Å². The SMILES string of the molecule is CCCCCCOC(=O)C(C)(C)COS(=O)(=O)ON1C(=O)N2CC1CCC2C(N)=O. The van der Waals surface area contributed by atoms with Gasteiger partial charge < -0.3 is 15.4 Å². The molecule has 2 atom stereocenters. The molecule has 2 N–H and O–H groups in total. The molecule has 0 aromatic carbocycles. The van der Waals surface area contributed by atoms with Crippen molar-refractivity contribution in [2.45, 2.75) is 71.4 Å². The van der Waals surface area contributed by atoms with Gasteiger partial charge in [-0.25, -0.2) is 8.98 Å². The van der Waals surface area contributed by atoms with Crippen molar-refractivity contribution in [3.8, 4) is 0 Å². The lowest BCUT2D eigenvalue weighted by Crippen LogP contribution is -2.47. The molecule has 2 heterocycles. The molecular formula is C18H31N3O8S. The molecule has 0 spiro atoms. The summed E-state index contributed by atoms with van der Waals surface area (Å²) in [6.45, 7) is 4.95. The minimum absolute atomic E-state index is 0.137. The first-order valence-electron chi connectivity index (χ1n) is 10.1. The van der Waals surface area contributed by atoms with Crippen molar-refractivity contribution in [3.63, 3.8) is 0 Å². The highest BCUT2D eigenvalue weighted by atomic mass is 32.3. The molecule has 2 aliphatic rings. The molecule has 0 aliphatic carbocycles. The summed E-state index contributed by atoms with van der Waals surface area (Å²) in [5.41, 5.74) is 4.06. The predicted octanol–water partition coefficient (Wildman–Crippen LogP) is 1.08. The van der Waals surface area contributed by atoms with Gasteiger partial charge in [-0.3, -0.25) is 9.59 Å². The summed E-state index contributed by atoms with van der Waals surface area (Å²) in [7, 11) is -4.62. The minimum atomic E-state index is -4.62. The molecule has 2 unspecified atom stereocenters. The zero-order valence-electron chi connectivity index (χ0n) is 17.7. The van der Waals surface area contributed by atoms with Crippen LogP contribution in [0.3, 0.4) is 0 Å². The standard InChI is InChI=1S/C18H31N3O8S/c1-4-5-6-7-10-27-16(23)18(2,3)12-28-30(25,26)29-21-13-8-9-14(15(19)22)20(11-13)17(21)24/h13-14H,4-12H2,1-3H3,(H2,19,22). The number of urea groups is 1. The van der Waals surface area contributed by atoms with Gasteiger partial charge in [0, 0.05) is 6.54 Å². The van der Waals surface area contributed by atoms with E-state index in [9.17, 15) is 22.8 Å². The molecule has 0 aromatic rings. The Bertz CT molecular complexity index is 755. The van der Waals surface area contributed by atoms with Crippen molar-refractivity contribution in [1.82, 2.24) is 9.96 Å². The first kappa shape index (κ1) is 24.4. The summed E-state index contributed by atoms with van der Waals surface area (Å²) < 4.78 is 39.3. The number of ether oxygens (including phenoxy) is 1. The van der Waals surface area contributed by atoms with Crippen LogP contribution in [0.15, 0.2) is 0 Å². The molecule has 3 amide bonds. The maximum Gasteiger partial charge on any atom is 0.421 e. The van der Waals surface area contributed by atoms with Crippen LogP contribution in [-0.2, 0) is 33.2 Å². The van der Waals surface area contributed by atoms with Gasteiger partial charge in [-0.15, -0.1) is 4.28 Å². The van der Waals surface area contributed by atoms with Gasteiger partial charge in [0.25, 0.3) is 0 Å². The molecular weight excluding hydrogens is 418 g/mol. The highest BCUT2D eigenvalue weighted by Gasteiger charge is 2.49. The van der Waals surface area contributed by atoms with E-state index in [1.54, 1.807) is 0 Å². The summed E-state index contributed by atoms with van der Waals surface area (Å²) in [4.78, 5) is 37.3. The first-order valence-corrected chi connectivity index (χ1v) is 11.5. The van der Waals surface area contributed by atoms with E-state index < -0.39 is 52.4 Å². The van der Waals surface area contributed by atoms with Crippen LogP contribution in [0.2, 0.25) is 0 Å². The van der Waals surface area contributed by atoms with Gasteiger partial charge in [0.15, 0.2) is 0 Å². The molecule has 12 heteroatoms. The van der Waals surface area contributed by atoms with Gasteiger partial charge in [-0.1, -0.05) is 26.2 Å². The van der Waals surface area contributed by atoms with E-state index in [0.29, 0.717) is 17.9 Å². The van der Waals surface area contributed by atoms with Crippen LogP contribution in [-0.4, -0.2) is 68.1 Å². The lowest BCUT2D eigenvalue weighted by molar-refractivity contribution is -0.156. The fourth-order valence-electron chi connectivity index (χ4n) is 3.31. The monoisotopic (exact) mass is 449 g/mol. The number of nitrogens with zero attached hydrogens (tertiary/aromatic N) is 2. The third kappa shape index (κ3) is 6.05. The molecule has 172 valence electrons. The highest BCUT2D eigenvalue weighted by Crippen LogP contribution is 2.31. The topological polar surface area (TPSA) is 146 Å². The fraction of sp³-hybridized carbons (Fsp3) is 0.833. The molecule has 0 radical (unpaired) electrons. The van der Waals surface area contributed by atoms with E-state index in [2.05, 4.69) is 6.92 Å². The largest absolute Gasteiger partial charge is 0.465 e. The van der Waals surface area contributed by atoms with E-state index in [4.69, 9.17) is 18.9 Å². The number of hydrogen-bond acceptors (Lipinski definition) is 8. The number of unbranched alkanes of at least 4 members (excludes halogenated alkanes) is 3. The first-order chi connectivity index (χ1) is 14.0. The summed E-state index contributed by atoms with van der Waals surface area (Å²) in [5.74, 6) is -1.24. The predicted molar refractivity (Wildman–Crippen MR) is 105 cm³/mol. The normalized spacial score (nSPS) is 21.8. The number of carbonyl (C=O) groups excluding carboxylic acids is 3. The number of hydroxylamine groups is 2. The van der Waals surface area contributed by atoms with Crippen molar-refractivity contribution in [3.05, 3.63) is 0 Å². The molecule has 2 bridgehead atoms. The summed E-state index contributed by atoms with van der Waals surface area (Å²) in [6, 6.07) is -2.09. The van der Waals surface area contributed by atoms with Crippen molar-refractivity contribution < 1.29 is 36.0 Å². The molecule has 2 fully saturated rings. The third-order valence-corrected chi connectivity index (χ3v) is 5.92. The number of nitrogens with two attached hydrogens (primary N) is 1.